The van der Waals surface area contributed by atoms with Crippen molar-refractivity contribution in [3.8, 4) is 73.5 Å². The molecule has 1 aliphatic heterocycles. The van der Waals surface area contributed by atoms with Crippen LogP contribution in [-0.2, 0) is 0 Å². The first kappa shape index (κ1) is 29.5. The van der Waals surface area contributed by atoms with Gasteiger partial charge in [0.15, 0.2) is 17.5 Å². The van der Waals surface area contributed by atoms with Gasteiger partial charge in [0, 0.05) is 33.4 Å². The highest BCUT2D eigenvalue weighted by atomic mass is 15.1. The van der Waals surface area contributed by atoms with Gasteiger partial charge in [-0.05, 0) is 56.9 Å². The van der Waals surface area contributed by atoms with Crippen LogP contribution in [0.5, 0.6) is 0 Å². The van der Waals surface area contributed by atoms with E-state index in [0.717, 1.165) is 55.6 Å². The second kappa shape index (κ2) is 11.7. The number of hydrogen-bond acceptors (Lipinski definition) is 4. The minimum atomic E-state index is 0.618. The van der Waals surface area contributed by atoms with Crippen molar-refractivity contribution in [2.24, 2.45) is 0 Å². The maximum atomic E-state index is 5.25. The molecule has 1 aliphatic rings. The molecule has 5 heteroatoms. The van der Waals surface area contributed by atoms with Gasteiger partial charge in [0.05, 0.1) is 16.7 Å². The lowest BCUT2D eigenvalue weighted by Gasteiger charge is -2.13. The van der Waals surface area contributed by atoms with Gasteiger partial charge < -0.3 is 0 Å². The molecule has 0 bridgehead atoms. The van der Waals surface area contributed by atoms with Gasteiger partial charge in [-0.1, -0.05) is 152 Å². The summed E-state index contributed by atoms with van der Waals surface area (Å²) >= 11 is 0. The molecule has 0 saturated carbocycles. The molecule has 0 spiro atoms. The monoisotopic (exact) mass is 675 g/mol. The number of benzene rings is 8. The highest BCUT2D eigenvalue weighted by molar-refractivity contribution is 6.03. The van der Waals surface area contributed by atoms with Crippen LogP contribution in [0.15, 0.2) is 176 Å². The number of aromatic nitrogens is 5. The van der Waals surface area contributed by atoms with Gasteiger partial charge in [-0.2, -0.15) is 0 Å². The van der Waals surface area contributed by atoms with Crippen molar-refractivity contribution in [3.63, 3.8) is 0 Å². The number of nitrogens with zero attached hydrogens (tertiary/aromatic N) is 5. The molecule has 0 unspecified atom stereocenters. The average molecular weight is 676 g/mol. The molecule has 0 amide bonds. The van der Waals surface area contributed by atoms with Crippen molar-refractivity contribution in [2.75, 3.05) is 0 Å². The number of fused-ring (bicyclic) bond motifs is 7. The summed E-state index contributed by atoms with van der Waals surface area (Å²) < 4.78 is 2.33. The molecule has 0 radical (unpaired) electrons. The van der Waals surface area contributed by atoms with E-state index in [-0.39, 0.29) is 0 Å². The van der Waals surface area contributed by atoms with Crippen molar-refractivity contribution in [1.82, 2.24) is 24.5 Å². The van der Waals surface area contributed by atoms with E-state index in [2.05, 4.69) is 180 Å². The molecule has 0 atom stereocenters. The van der Waals surface area contributed by atoms with Crippen LogP contribution in [0.3, 0.4) is 0 Å². The standard InChI is InChI=1S/C48H29N5/c1-3-12-34-28-36(26-20-30(34)10-1)46-50-45(51-47(52-46)37-27-21-31-11-2-4-13-35(31)29-37)32-22-24-33(25-23-32)48-49-42-18-9-17-41-39-15-6-5-14-38(39)40-16-7-8-19-43(40)53(48)44(41)42/h1-29H. The third kappa shape index (κ3) is 4.79. The Labute approximate surface area is 305 Å². The lowest BCUT2D eigenvalue weighted by Crippen LogP contribution is -2.01. The van der Waals surface area contributed by atoms with Crippen LogP contribution in [0.1, 0.15) is 0 Å². The Kier molecular flexibility index (Phi) is 6.48. The molecule has 5 nitrogen and oxygen atoms in total. The summed E-state index contributed by atoms with van der Waals surface area (Å²) in [7, 11) is 0. The first-order valence-electron chi connectivity index (χ1n) is 17.8. The molecule has 0 aliphatic carbocycles. The van der Waals surface area contributed by atoms with Crippen LogP contribution in [0.25, 0.3) is 106 Å². The minimum absolute atomic E-state index is 0.618. The summed E-state index contributed by atoms with van der Waals surface area (Å²) in [6, 6.07) is 61.7. The van der Waals surface area contributed by atoms with Crippen molar-refractivity contribution >= 4 is 32.6 Å². The quantitative estimate of drug-likeness (QED) is 0.186. The van der Waals surface area contributed by atoms with Crippen LogP contribution >= 0.6 is 0 Å². The van der Waals surface area contributed by atoms with E-state index >= 15 is 0 Å². The fourth-order valence-corrected chi connectivity index (χ4v) is 7.81. The lowest BCUT2D eigenvalue weighted by atomic mass is 9.94. The molecule has 11 rings (SSSR count). The Bertz CT molecular complexity index is 2970. The third-order valence-electron chi connectivity index (χ3n) is 10.4. The van der Waals surface area contributed by atoms with Gasteiger partial charge in [0.1, 0.15) is 5.82 Å². The summed E-state index contributed by atoms with van der Waals surface area (Å²) in [4.78, 5) is 20.5. The fraction of sp³-hybridized carbons (Fsp3) is 0. The average Bonchev–Trinajstić information content (AvgIpc) is 3.57. The largest absolute Gasteiger partial charge is 0.291 e. The van der Waals surface area contributed by atoms with E-state index in [1.807, 2.05) is 0 Å². The summed E-state index contributed by atoms with van der Waals surface area (Å²) in [5, 5.41) is 4.64. The van der Waals surface area contributed by atoms with Crippen LogP contribution in [0, 0.1) is 0 Å². The summed E-state index contributed by atoms with van der Waals surface area (Å²) in [5.74, 6) is 2.78. The maximum absolute atomic E-state index is 5.25. The summed E-state index contributed by atoms with van der Waals surface area (Å²) in [5.41, 5.74) is 11.8. The van der Waals surface area contributed by atoms with E-state index in [9.17, 15) is 0 Å². The molecule has 0 N–H and O–H groups in total. The predicted molar refractivity (Wildman–Crippen MR) is 216 cm³/mol. The molecule has 0 saturated heterocycles. The molecule has 53 heavy (non-hydrogen) atoms. The number of para-hydroxylation sites is 2. The van der Waals surface area contributed by atoms with Crippen molar-refractivity contribution in [3.05, 3.63) is 176 Å². The van der Waals surface area contributed by atoms with Crippen molar-refractivity contribution in [2.45, 2.75) is 0 Å². The van der Waals surface area contributed by atoms with E-state index in [0.29, 0.717) is 17.5 Å². The molecule has 2 aromatic heterocycles. The Morgan fingerprint density at radius 3 is 1.43 bits per heavy atom. The van der Waals surface area contributed by atoms with Gasteiger partial charge in [0.25, 0.3) is 0 Å². The summed E-state index contributed by atoms with van der Waals surface area (Å²) in [6.07, 6.45) is 0. The van der Waals surface area contributed by atoms with Crippen LogP contribution in [0.4, 0.5) is 0 Å². The first-order valence-corrected chi connectivity index (χ1v) is 17.8. The number of rotatable bonds is 4. The van der Waals surface area contributed by atoms with E-state index in [1.165, 1.54) is 33.0 Å². The smallest absolute Gasteiger partial charge is 0.164 e. The lowest BCUT2D eigenvalue weighted by molar-refractivity contribution is 1.07. The highest BCUT2D eigenvalue weighted by Crippen LogP contribution is 2.45. The van der Waals surface area contributed by atoms with E-state index in [4.69, 9.17) is 19.9 Å². The van der Waals surface area contributed by atoms with Gasteiger partial charge in [-0.3, -0.25) is 4.57 Å². The Balaban J connectivity index is 1.07. The van der Waals surface area contributed by atoms with Gasteiger partial charge >= 0.3 is 0 Å². The Morgan fingerprint density at radius 2 is 0.792 bits per heavy atom. The SMILES string of the molecule is c1ccc2c(c1)-c1ccccc1-n1c(-c3ccc(-c4nc(-c5ccc6ccccc6c5)nc(-c5ccc6ccccc6c5)n4)cc3)nc3cccc-2c31. The second-order valence-electron chi connectivity index (χ2n) is 13.5. The van der Waals surface area contributed by atoms with Crippen LogP contribution in [0.2, 0.25) is 0 Å². The van der Waals surface area contributed by atoms with Crippen molar-refractivity contribution in [1.29, 1.82) is 0 Å². The predicted octanol–water partition coefficient (Wildman–Crippen LogP) is 11.8. The van der Waals surface area contributed by atoms with Gasteiger partial charge in [-0.25, -0.2) is 19.9 Å². The summed E-state index contributed by atoms with van der Waals surface area (Å²) in [6.45, 7) is 0. The molecular formula is C48H29N5. The minimum Gasteiger partial charge on any atom is -0.291 e. The maximum Gasteiger partial charge on any atom is 0.164 e. The van der Waals surface area contributed by atoms with E-state index in [1.54, 1.807) is 0 Å². The topological polar surface area (TPSA) is 56.5 Å². The molecular weight excluding hydrogens is 647 g/mol. The number of hydrogen-bond donors (Lipinski definition) is 0. The molecule has 3 heterocycles. The third-order valence-corrected chi connectivity index (χ3v) is 10.4. The Morgan fingerprint density at radius 1 is 0.321 bits per heavy atom. The van der Waals surface area contributed by atoms with Gasteiger partial charge in [0.2, 0.25) is 0 Å². The zero-order chi connectivity index (χ0) is 34.9. The van der Waals surface area contributed by atoms with Gasteiger partial charge in [-0.15, -0.1) is 0 Å². The fourth-order valence-electron chi connectivity index (χ4n) is 7.81. The van der Waals surface area contributed by atoms with Crippen LogP contribution in [-0.4, -0.2) is 24.5 Å². The molecule has 0 fully saturated rings. The molecule has 8 aromatic carbocycles. The highest BCUT2D eigenvalue weighted by Gasteiger charge is 2.25. The number of imidazole rings is 1. The Hall–Kier alpha value is -7.24. The van der Waals surface area contributed by atoms with E-state index < -0.39 is 0 Å². The van der Waals surface area contributed by atoms with Crippen LogP contribution < -0.4 is 0 Å². The molecule has 10 aromatic rings. The van der Waals surface area contributed by atoms with Crippen molar-refractivity contribution < 1.29 is 0 Å². The second-order valence-corrected chi connectivity index (χ2v) is 13.5. The zero-order valence-corrected chi connectivity index (χ0v) is 28.5. The molecule has 246 valence electrons. The normalized spacial score (nSPS) is 11.8. The first-order chi connectivity index (χ1) is 26.2. The zero-order valence-electron chi connectivity index (χ0n) is 28.5.